The van der Waals surface area contributed by atoms with E-state index in [0.29, 0.717) is 37.8 Å². The fourth-order valence-electron chi connectivity index (χ4n) is 13.1. The van der Waals surface area contributed by atoms with E-state index in [0.717, 1.165) is 31.6 Å². The number of nitrogens with one attached hydrogen (secondary N) is 2. The van der Waals surface area contributed by atoms with Gasteiger partial charge in [-0.25, -0.2) is 0 Å². The van der Waals surface area contributed by atoms with Crippen molar-refractivity contribution in [3.05, 3.63) is 0 Å². The van der Waals surface area contributed by atoms with Crippen LogP contribution in [0.5, 0.6) is 0 Å². The zero-order chi connectivity index (χ0) is 59.6. The zero-order valence-electron chi connectivity index (χ0n) is 45.5. The van der Waals surface area contributed by atoms with Crippen molar-refractivity contribution in [1.29, 1.82) is 0 Å². The molecule has 24 fully saturated rings. The Kier molecular flexibility index (Phi) is 23.2. The molecular weight excluding hydrogens is 1120 g/mol. The normalized spacial score (nSPS) is 50.5. The Morgan fingerprint density at radius 3 is 0.940 bits per heavy atom. The van der Waals surface area contributed by atoms with Crippen LogP contribution in [0.2, 0.25) is 0 Å². The monoisotopic (exact) mass is 1210 g/mol. The van der Waals surface area contributed by atoms with Crippen LogP contribution in [-0.2, 0) is 61.6 Å². The second-order valence-corrected chi connectivity index (χ2v) is 23.3. The van der Waals surface area contributed by atoms with Crippen LogP contribution >= 0.6 is 0 Å². The van der Waals surface area contributed by atoms with Crippen molar-refractivity contribution in [2.24, 2.45) is 17.8 Å². The Morgan fingerprint density at radius 1 is 0.349 bits per heavy atom. The molecule has 19 N–H and O–H groups in total. The van der Waals surface area contributed by atoms with Crippen LogP contribution < -0.4 is 10.6 Å². The van der Waals surface area contributed by atoms with Crippen LogP contribution in [0.3, 0.4) is 0 Å². The highest BCUT2D eigenvalue weighted by Gasteiger charge is 2.59. The predicted octanol–water partition coefficient (Wildman–Crippen LogP) is -9.95. The van der Waals surface area contributed by atoms with Crippen molar-refractivity contribution >= 4 is 5.91 Å². The van der Waals surface area contributed by atoms with E-state index in [2.05, 4.69) is 10.6 Å². The number of aliphatic hydroxyl groups is 17. The van der Waals surface area contributed by atoms with Crippen LogP contribution in [0.25, 0.3) is 0 Å². The van der Waals surface area contributed by atoms with E-state index >= 15 is 0 Å². The van der Waals surface area contributed by atoms with E-state index < -0.39 is 217 Å². The standard InChI is InChI=1S/C51H86N2O30/c54-13-22-41-30(62)36(68)48(74-22)81-43-24(15-56)76-50(38(70)32(43)64)83-45-26(17-58)77-51(39(71)33(45)65)82-44-25(16-57)75-49(37(69)31(44)63)80-42-23(14-55)73-47(35(67)29(42)61)78-40-21(72-46(79-41)34(66)28(40)60)12-52-7-3-1-2-4-8-53-27(59)11-20-10-18-5-6-19(20)9-18/h18-26,28-52,54-58,60-71H,1-17H2,(H,53,59)/t18-,19+,20+,21-,22-,23-,24-,25-,26-,28-,29-,30-,31-,32-,33-,34-,35-,36-,37-,38-,39-,40-,41-,42-,43-,44-,45-,46-,47-,48-,49-,50-,51-/m1/s1. The molecule has 0 aromatic heterocycles. The molecule has 14 bridgehead atoms. The van der Waals surface area contributed by atoms with Crippen LogP contribution in [0.4, 0.5) is 0 Å². The number of carbonyl (C=O) groups excluding carboxylic acids is 1. The van der Waals surface area contributed by atoms with Crippen molar-refractivity contribution < 1.29 is 148 Å². The van der Waals surface area contributed by atoms with Gasteiger partial charge in [0, 0.05) is 19.5 Å². The van der Waals surface area contributed by atoms with Gasteiger partial charge in [0.15, 0.2) is 37.7 Å². The van der Waals surface area contributed by atoms with Gasteiger partial charge in [-0.2, -0.15) is 0 Å². The molecule has 83 heavy (non-hydrogen) atoms. The highest BCUT2D eigenvalue weighted by Crippen LogP contribution is 2.49. The lowest BCUT2D eigenvalue weighted by Crippen LogP contribution is -2.69. The summed E-state index contributed by atoms with van der Waals surface area (Å²) in [5.41, 5.74) is 0. The Balaban J connectivity index is 0.924. The van der Waals surface area contributed by atoms with E-state index in [1.54, 1.807) is 0 Å². The number of rotatable bonds is 16. The summed E-state index contributed by atoms with van der Waals surface area (Å²) >= 11 is 0. The average molecular weight is 1210 g/mol. The van der Waals surface area contributed by atoms with Gasteiger partial charge in [0.25, 0.3) is 0 Å². The Labute approximate surface area is 476 Å². The molecule has 0 unspecified atom stereocenters. The maximum Gasteiger partial charge on any atom is 0.220 e. The SMILES string of the molecule is O=C(C[C@@H]1C[C@@H]2CC[C@H]1C2)NCCCCCCNC[C@H]1O[C@@H]2O[C@H]3[C@H](O)[C@@H](O)[C@@H](O[C@H]4[C@H](O)[C@@H](O)[C@@H](O[C@H]5[C@H](O)[C@@H](O)[C@@H](O[C@H]6[C@H](O)[C@@H](O)[C@@H](O[C@H]7[C@H](O)[C@@H](O)[C@@H](O[C@H]1[C@H](O)[C@H]2O)O[C@@H]7CO)O[C@@H]6CO)O[C@@H]5CO)O[C@@H]4CO)O[C@@H]3CO. The Bertz CT molecular complexity index is 2000. The van der Waals surface area contributed by atoms with Crippen molar-refractivity contribution in [3.8, 4) is 0 Å². The second kappa shape index (κ2) is 29.3. The largest absolute Gasteiger partial charge is 0.394 e. The van der Waals surface area contributed by atoms with Crippen molar-refractivity contribution in [3.63, 3.8) is 0 Å². The molecule has 0 aromatic carbocycles. The molecule has 33 atom stereocenters. The minimum Gasteiger partial charge on any atom is -0.394 e. The third-order valence-corrected chi connectivity index (χ3v) is 17.8. The predicted molar refractivity (Wildman–Crippen MR) is 267 cm³/mol. The molecule has 2 saturated carbocycles. The van der Waals surface area contributed by atoms with Gasteiger partial charge in [0.1, 0.15) is 146 Å². The number of fused-ring (bicyclic) bond motifs is 2. The minimum absolute atomic E-state index is 0.0654. The smallest absolute Gasteiger partial charge is 0.220 e. The quantitative estimate of drug-likeness (QED) is 0.0638. The summed E-state index contributed by atoms with van der Waals surface area (Å²) in [6.45, 7) is -4.22. The van der Waals surface area contributed by atoms with Gasteiger partial charge in [-0.1, -0.05) is 19.3 Å². The number of unbranched alkanes of at least 4 members (excludes halogenated alkanes) is 3. The van der Waals surface area contributed by atoms with Crippen molar-refractivity contribution in [1.82, 2.24) is 10.6 Å². The highest BCUT2D eigenvalue weighted by atomic mass is 16.8. The molecule has 32 heteroatoms. The third-order valence-electron chi connectivity index (χ3n) is 17.8. The molecule has 24 rings (SSSR count). The lowest BCUT2D eigenvalue weighted by atomic mass is 9.86. The van der Waals surface area contributed by atoms with Crippen LogP contribution in [0, 0.1) is 17.8 Å². The molecule has 0 aromatic rings. The third kappa shape index (κ3) is 14.3. The first kappa shape index (κ1) is 65.7. The molecule has 480 valence electrons. The number of amides is 1. The number of carbonyl (C=O) groups is 1. The fraction of sp³-hybridized carbons (Fsp3) is 0.980. The van der Waals surface area contributed by atoms with Gasteiger partial charge >= 0.3 is 0 Å². The summed E-state index contributed by atoms with van der Waals surface area (Å²) in [5.74, 6) is 1.93. The van der Waals surface area contributed by atoms with Gasteiger partial charge in [-0.05, 0) is 56.4 Å². The summed E-state index contributed by atoms with van der Waals surface area (Å²) in [4.78, 5) is 12.6. The summed E-state index contributed by atoms with van der Waals surface area (Å²) in [5, 5.41) is 196. The number of aliphatic hydroxyl groups excluding tert-OH is 17. The Hall–Kier alpha value is -1.73. The molecule has 24 aliphatic rings. The highest BCUT2D eigenvalue weighted by molar-refractivity contribution is 5.76. The van der Waals surface area contributed by atoms with E-state index in [-0.39, 0.29) is 12.5 Å². The Morgan fingerprint density at radius 2 is 0.651 bits per heavy atom. The summed E-state index contributed by atoms with van der Waals surface area (Å²) in [7, 11) is 0. The second-order valence-electron chi connectivity index (χ2n) is 23.3. The lowest BCUT2D eigenvalue weighted by Gasteiger charge is -2.50. The fourth-order valence-corrected chi connectivity index (χ4v) is 13.1. The zero-order valence-corrected chi connectivity index (χ0v) is 45.5. The molecular formula is C51H86N2O30. The molecule has 1 amide bonds. The number of ether oxygens (including phenoxy) is 12. The number of hydrogen-bond acceptors (Lipinski definition) is 31. The van der Waals surface area contributed by atoms with E-state index in [1.807, 2.05) is 0 Å². The molecule has 22 saturated heterocycles. The molecule has 0 radical (unpaired) electrons. The molecule has 22 heterocycles. The van der Waals surface area contributed by atoms with Crippen molar-refractivity contribution in [2.75, 3.05) is 52.7 Å². The molecule has 2 aliphatic carbocycles. The maximum absolute atomic E-state index is 12.6. The topological polar surface area (TPSA) is 496 Å². The molecule has 32 nitrogen and oxygen atoms in total. The van der Waals surface area contributed by atoms with E-state index in [4.69, 9.17) is 56.8 Å². The number of hydrogen-bond donors (Lipinski definition) is 19. The van der Waals surface area contributed by atoms with Crippen molar-refractivity contribution in [2.45, 2.75) is 242 Å². The summed E-state index contributed by atoms with van der Waals surface area (Å²) in [6.07, 6.45) is -49.4. The van der Waals surface area contributed by atoms with Gasteiger partial charge in [-0.15, -0.1) is 0 Å². The average Bonchev–Trinajstić information content (AvgIpc) is 2.84. The first-order valence-electron chi connectivity index (χ1n) is 28.8. The van der Waals surface area contributed by atoms with Crippen LogP contribution in [-0.4, -0.2) is 330 Å². The minimum atomic E-state index is -2.15. The van der Waals surface area contributed by atoms with Gasteiger partial charge in [0.05, 0.1) is 33.0 Å². The molecule has 22 aliphatic heterocycles. The van der Waals surface area contributed by atoms with Gasteiger partial charge < -0.3 is 154 Å². The first-order valence-corrected chi connectivity index (χ1v) is 28.8. The van der Waals surface area contributed by atoms with Crippen LogP contribution in [0.1, 0.15) is 57.8 Å². The summed E-state index contributed by atoms with van der Waals surface area (Å²) in [6, 6.07) is 0. The first-order chi connectivity index (χ1) is 39.8. The molecule has 0 spiro atoms. The van der Waals surface area contributed by atoms with Crippen LogP contribution in [0.15, 0.2) is 0 Å². The van der Waals surface area contributed by atoms with E-state index in [9.17, 15) is 91.6 Å². The maximum atomic E-state index is 12.6. The van der Waals surface area contributed by atoms with E-state index in [1.165, 1.54) is 19.3 Å². The van der Waals surface area contributed by atoms with Gasteiger partial charge in [0.2, 0.25) is 5.91 Å². The lowest BCUT2D eigenvalue weighted by molar-refractivity contribution is -0.403. The summed E-state index contributed by atoms with van der Waals surface area (Å²) < 4.78 is 70.2. The van der Waals surface area contributed by atoms with Gasteiger partial charge in [-0.3, -0.25) is 4.79 Å².